The van der Waals surface area contributed by atoms with Gasteiger partial charge in [-0.25, -0.2) is 0 Å². The van der Waals surface area contributed by atoms with Gasteiger partial charge in [0.05, 0.1) is 20.3 Å². The van der Waals surface area contributed by atoms with Crippen molar-refractivity contribution < 1.29 is 14.9 Å². The van der Waals surface area contributed by atoms with Crippen molar-refractivity contribution in [1.82, 2.24) is 15.0 Å². The third-order valence-corrected chi connectivity index (χ3v) is 2.77. The molecule has 0 atom stereocenters. The zero-order valence-electron chi connectivity index (χ0n) is 12.8. The number of nitrogens with zero attached hydrogens (tertiary/aromatic N) is 3. The molecule has 1 heterocycles. The summed E-state index contributed by atoms with van der Waals surface area (Å²) in [6.07, 6.45) is 0. The van der Waals surface area contributed by atoms with Crippen LogP contribution in [0.2, 0.25) is 0 Å². The van der Waals surface area contributed by atoms with Gasteiger partial charge in [0.1, 0.15) is 5.75 Å². The molecule has 0 fully saturated rings. The summed E-state index contributed by atoms with van der Waals surface area (Å²) in [5.41, 5.74) is 0.790. The summed E-state index contributed by atoms with van der Waals surface area (Å²) in [4.78, 5) is 12.6. The number of anilines is 4. The highest BCUT2D eigenvalue weighted by Crippen LogP contribution is 2.19. The lowest BCUT2D eigenvalue weighted by molar-refractivity contribution is 0.310. The molecule has 1 aromatic heterocycles. The molecule has 0 bridgehead atoms. The molecule has 2 aromatic rings. The van der Waals surface area contributed by atoms with Crippen molar-refractivity contribution in [3.05, 3.63) is 24.3 Å². The summed E-state index contributed by atoms with van der Waals surface area (Å²) in [7, 11) is 1.60. The standard InChI is InChI=1S/C14H20N6O3/c1-23-11-4-2-10(3-5-11)17-14-19-12(15-6-8-21)18-13(20-14)16-7-9-22/h2-5,21-22H,6-9H2,1H3,(H3,15,16,17,18,19,20). The van der Waals surface area contributed by atoms with Gasteiger partial charge < -0.3 is 30.9 Å². The fourth-order valence-corrected chi connectivity index (χ4v) is 1.73. The number of methoxy groups -OCH3 is 1. The van der Waals surface area contributed by atoms with Crippen LogP contribution in [0.5, 0.6) is 5.75 Å². The Morgan fingerprint density at radius 1 is 0.870 bits per heavy atom. The summed E-state index contributed by atoms with van der Waals surface area (Å²) in [6, 6.07) is 7.31. The van der Waals surface area contributed by atoms with E-state index < -0.39 is 0 Å². The van der Waals surface area contributed by atoms with Crippen LogP contribution in [0.25, 0.3) is 0 Å². The van der Waals surface area contributed by atoms with E-state index in [4.69, 9.17) is 14.9 Å². The molecular formula is C14H20N6O3. The van der Waals surface area contributed by atoms with Crippen molar-refractivity contribution in [3.8, 4) is 5.75 Å². The predicted octanol–water partition coefficient (Wildman–Crippen LogP) is 0.432. The number of aliphatic hydroxyl groups excluding tert-OH is 2. The van der Waals surface area contributed by atoms with Gasteiger partial charge in [0.2, 0.25) is 17.8 Å². The largest absolute Gasteiger partial charge is 0.497 e. The summed E-state index contributed by atoms with van der Waals surface area (Å²) < 4.78 is 5.11. The minimum Gasteiger partial charge on any atom is -0.497 e. The molecule has 0 aliphatic carbocycles. The predicted molar refractivity (Wildman–Crippen MR) is 87.3 cm³/mol. The second-order valence-corrected chi connectivity index (χ2v) is 4.46. The Morgan fingerprint density at radius 3 is 1.87 bits per heavy atom. The van der Waals surface area contributed by atoms with Gasteiger partial charge in [0.15, 0.2) is 0 Å². The van der Waals surface area contributed by atoms with Crippen LogP contribution in [0.1, 0.15) is 0 Å². The third-order valence-electron chi connectivity index (χ3n) is 2.77. The number of hydrogen-bond acceptors (Lipinski definition) is 9. The van der Waals surface area contributed by atoms with E-state index in [1.807, 2.05) is 24.3 Å². The van der Waals surface area contributed by atoms with E-state index >= 15 is 0 Å². The van der Waals surface area contributed by atoms with Crippen LogP contribution in [-0.4, -0.2) is 58.6 Å². The fraction of sp³-hybridized carbons (Fsp3) is 0.357. The van der Waals surface area contributed by atoms with Crippen LogP contribution < -0.4 is 20.7 Å². The second-order valence-electron chi connectivity index (χ2n) is 4.46. The number of benzene rings is 1. The van der Waals surface area contributed by atoms with Crippen molar-refractivity contribution in [2.45, 2.75) is 0 Å². The van der Waals surface area contributed by atoms with E-state index in [1.54, 1.807) is 7.11 Å². The van der Waals surface area contributed by atoms with Gasteiger partial charge in [0.25, 0.3) is 0 Å². The number of nitrogens with one attached hydrogen (secondary N) is 3. The first kappa shape index (κ1) is 16.7. The van der Waals surface area contributed by atoms with E-state index in [1.165, 1.54) is 0 Å². The first-order chi connectivity index (χ1) is 11.2. The lowest BCUT2D eigenvalue weighted by Crippen LogP contribution is -2.14. The molecule has 0 aliphatic rings. The molecule has 0 saturated carbocycles. The van der Waals surface area contributed by atoms with Gasteiger partial charge in [0, 0.05) is 18.8 Å². The molecule has 23 heavy (non-hydrogen) atoms. The Bertz CT molecular complexity index is 582. The van der Waals surface area contributed by atoms with Gasteiger partial charge in [-0.2, -0.15) is 15.0 Å². The van der Waals surface area contributed by atoms with Crippen LogP contribution in [0.3, 0.4) is 0 Å². The molecule has 124 valence electrons. The maximum absolute atomic E-state index is 8.88. The molecule has 2 rings (SSSR count). The molecule has 0 saturated heterocycles. The second kappa shape index (κ2) is 8.71. The molecule has 0 amide bonds. The summed E-state index contributed by atoms with van der Waals surface area (Å²) in [5.74, 6) is 1.74. The van der Waals surface area contributed by atoms with Crippen LogP contribution in [0, 0.1) is 0 Å². The number of aromatic nitrogens is 3. The number of aliphatic hydroxyl groups is 2. The monoisotopic (exact) mass is 320 g/mol. The number of ether oxygens (including phenoxy) is 1. The smallest absolute Gasteiger partial charge is 0.233 e. The molecule has 0 radical (unpaired) electrons. The highest BCUT2D eigenvalue weighted by atomic mass is 16.5. The average molecular weight is 320 g/mol. The fourth-order valence-electron chi connectivity index (χ4n) is 1.73. The first-order valence-corrected chi connectivity index (χ1v) is 7.11. The molecule has 9 heteroatoms. The minimum atomic E-state index is -0.0354. The van der Waals surface area contributed by atoms with Crippen molar-refractivity contribution in [2.75, 3.05) is 49.4 Å². The normalized spacial score (nSPS) is 10.2. The van der Waals surface area contributed by atoms with Crippen LogP contribution in [-0.2, 0) is 0 Å². The lowest BCUT2D eigenvalue weighted by Gasteiger charge is -2.10. The van der Waals surface area contributed by atoms with E-state index in [0.717, 1.165) is 11.4 Å². The maximum atomic E-state index is 8.88. The average Bonchev–Trinajstić information content (AvgIpc) is 2.58. The van der Waals surface area contributed by atoms with Gasteiger partial charge in [-0.15, -0.1) is 0 Å². The Kier molecular flexibility index (Phi) is 6.33. The van der Waals surface area contributed by atoms with Crippen molar-refractivity contribution in [1.29, 1.82) is 0 Å². The molecule has 0 unspecified atom stereocenters. The van der Waals surface area contributed by atoms with E-state index in [-0.39, 0.29) is 13.2 Å². The Hall–Kier alpha value is -2.65. The highest BCUT2D eigenvalue weighted by Gasteiger charge is 2.06. The van der Waals surface area contributed by atoms with Gasteiger partial charge in [-0.05, 0) is 24.3 Å². The van der Waals surface area contributed by atoms with Crippen molar-refractivity contribution in [2.24, 2.45) is 0 Å². The molecule has 9 nitrogen and oxygen atoms in total. The highest BCUT2D eigenvalue weighted by molar-refractivity contribution is 5.56. The van der Waals surface area contributed by atoms with E-state index in [2.05, 4.69) is 30.9 Å². The SMILES string of the molecule is COc1ccc(Nc2nc(NCCO)nc(NCCO)n2)cc1. The summed E-state index contributed by atoms with van der Waals surface area (Å²) in [6.45, 7) is 0.579. The van der Waals surface area contributed by atoms with Crippen LogP contribution in [0.15, 0.2) is 24.3 Å². The van der Waals surface area contributed by atoms with Gasteiger partial charge in [-0.3, -0.25) is 0 Å². The summed E-state index contributed by atoms with van der Waals surface area (Å²) in [5, 5.41) is 26.6. The van der Waals surface area contributed by atoms with E-state index in [9.17, 15) is 0 Å². The van der Waals surface area contributed by atoms with E-state index in [0.29, 0.717) is 30.9 Å². The summed E-state index contributed by atoms with van der Waals surface area (Å²) >= 11 is 0. The Labute approximate surface area is 133 Å². The zero-order valence-corrected chi connectivity index (χ0v) is 12.8. The van der Waals surface area contributed by atoms with Gasteiger partial charge in [-0.1, -0.05) is 0 Å². The first-order valence-electron chi connectivity index (χ1n) is 7.11. The Morgan fingerprint density at radius 2 is 1.39 bits per heavy atom. The molecule has 0 spiro atoms. The number of hydrogen-bond donors (Lipinski definition) is 5. The molecule has 0 aliphatic heterocycles. The quantitative estimate of drug-likeness (QED) is 0.447. The topological polar surface area (TPSA) is 124 Å². The Balaban J connectivity index is 2.16. The van der Waals surface area contributed by atoms with Crippen LogP contribution >= 0.6 is 0 Å². The van der Waals surface area contributed by atoms with Gasteiger partial charge >= 0.3 is 0 Å². The molecule has 5 N–H and O–H groups in total. The lowest BCUT2D eigenvalue weighted by atomic mass is 10.3. The molecule has 1 aromatic carbocycles. The number of rotatable bonds is 9. The van der Waals surface area contributed by atoms with Crippen molar-refractivity contribution in [3.63, 3.8) is 0 Å². The van der Waals surface area contributed by atoms with Crippen molar-refractivity contribution >= 4 is 23.5 Å². The van der Waals surface area contributed by atoms with Crippen LogP contribution in [0.4, 0.5) is 23.5 Å². The third kappa shape index (κ3) is 5.24. The molecular weight excluding hydrogens is 300 g/mol. The minimum absolute atomic E-state index is 0.0354. The zero-order chi connectivity index (χ0) is 16.5. The maximum Gasteiger partial charge on any atom is 0.233 e.